The van der Waals surface area contributed by atoms with Crippen LogP contribution in [0.5, 0.6) is 0 Å². The number of aromatic nitrogens is 1. The number of hydrogen-bond donors (Lipinski definition) is 2. The van der Waals surface area contributed by atoms with Gasteiger partial charge < -0.3 is 24.5 Å². The molecule has 2 amide bonds. The van der Waals surface area contributed by atoms with Gasteiger partial charge in [0.25, 0.3) is 5.91 Å². The molecule has 2 aliphatic heterocycles. The lowest BCUT2D eigenvalue weighted by Crippen LogP contribution is -2.66. The van der Waals surface area contributed by atoms with Crippen LogP contribution in [0.4, 0.5) is 0 Å². The van der Waals surface area contributed by atoms with Gasteiger partial charge in [0.2, 0.25) is 5.91 Å². The Morgan fingerprint density at radius 1 is 1.36 bits per heavy atom. The van der Waals surface area contributed by atoms with Crippen molar-refractivity contribution in [3.63, 3.8) is 0 Å². The van der Waals surface area contributed by atoms with Crippen molar-refractivity contribution >= 4 is 11.8 Å². The van der Waals surface area contributed by atoms with Crippen molar-refractivity contribution in [3.8, 4) is 0 Å². The number of rotatable bonds is 4. The SMILES string of the molecule is CCc1ocnc1C(=O)N1CCC2(CC1)C[C@@](C)(NC(=O)C1CC1)[C@H](O)CO2. The predicted octanol–water partition coefficient (Wildman–Crippen LogP) is 1.28. The number of hydrogen-bond acceptors (Lipinski definition) is 6. The molecule has 2 N–H and O–H groups in total. The van der Waals surface area contributed by atoms with E-state index in [0.717, 1.165) is 12.8 Å². The summed E-state index contributed by atoms with van der Waals surface area (Å²) in [6.45, 7) is 5.14. The molecule has 1 aliphatic carbocycles. The molecular formula is C20H29N3O5. The summed E-state index contributed by atoms with van der Waals surface area (Å²) in [6, 6.07) is 0. The van der Waals surface area contributed by atoms with Gasteiger partial charge in [-0.1, -0.05) is 6.92 Å². The highest BCUT2D eigenvalue weighted by atomic mass is 16.5. The van der Waals surface area contributed by atoms with Crippen molar-refractivity contribution in [3.05, 3.63) is 17.8 Å². The van der Waals surface area contributed by atoms with Gasteiger partial charge in [-0.2, -0.15) is 0 Å². The maximum absolute atomic E-state index is 12.8. The van der Waals surface area contributed by atoms with E-state index in [1.54, 1.807) is 4.90 Å². The number of aliphatic hydroxyl groups is 1. The smallest absolute Gasteiger partial charge is 0.276 e. The number of amides is 2. The summed E-state index contributed by atoms with van der Waals surface area (Å²) in [5, 5.41) is 13.6. The Hall–Kier alpha value is -1.93. The Morgan fingerprint density at radius 3 is 2.71 bits per heavy atom. The molecule has 3 fully saturated rings. The van der Waals surface area contributed by atoms with Gasteiger partial charge in [0.15, 0.2) is 12.1 Å². The van der Waals surface area contributed by atoms with Gasteiger partial charge in [0.05, 0.1) is 17.7 Å². The molecule has 2 saturated heterocycles. The number of piperidine rings is 1. The van der Waals surface area contributed by atoms with Crippen molar-refractivity contribution < 1.29 is 23.8 Å². The molecule has 3 aliphatic rings. The lowest BCUT2D eigenvalue weighted by molar-refractivity contribution is -0.179. The zero-order valence-electron chi connectivity index (χ0n) is 16.6. The van der Waals surface area contributed by atoms with Gasteiger partial charge in [-0.05, 0) is 32.6 Å². The van der Waals surface area contributed by atoms with Crippen molar-refractivity contribution in [2.24, 2.45) is 5.92 Å². The third-order valence-electron chi connectivity index (χ3n) is 6.46. The fraction of sp³-hybridized carbons (Fsp3) is 0.750. The van der Waals surface area contributed by atoms with Crippen LogP contribution in [0.15, 0.2) is 10.8 Å². The molecule has 0 unspecified atom stereocenters. The summed E-state index contributed by atoms with van der Waals surface area (Å²) in [7, 11) is 0. The van der Waals surface area contributed by atoms with Gasteiger partial charge in [-0.3, -0.25) is 9.59 Å². The monoisotopic (exact) mass is 391 g/mol. The second kappa shape index (κ2) is 7.15. The summed E-state index contributed by atoms with van der Waals surface area (Å²) in [4.78, 5) is 31.0. The van der Waals surface area contributed by atoms with Crippen LogP contribution < -0.4 is 5.32 Å². The largest absolute Gasteiger partial charge is 0.448 e. The zero-order valence-corrected chi connectivity index (χ0v) is 16.6. The Labute approximate surface area is 164 Å². The fourth-order valence-corrected chi connectivity index (χ4v) is 4.42. The van der Waals surface area contributed by atoms with E-state index in [1.165, 1.54) is 6.39 Å². The normalized spacial score (nSPS) is 29.7. The number of nitrogens with zero attached hydrogens (tertiary/aromatic N) is 2. The first-order chi connectivity index (χ1) is 13.4. The summed E-state index contributed by atoms with van der Waals surface area (Å²) < 4.78 is 11.3. The van der Waals surface area contributed by atoms with Gasteiger partial charge >= 0.3 is 0 Å². The van der Waals surface area contributed by atoms with Crippen molar-refractivity contribution in [2.45, 2.75) is 69.6 Å². The molecule has 0 aromatic carbocycles. The topological polar surface area (TPSA) is 105 Å². The highest BCUT2D eigenvalue weighted by molar-refractivity contribution is 5.93. The van der Waals surface area contributed by atoms with Gasteiger partial charge in [0.1, 0.15) is 11.9 Å². The lowest BCUT2D eigenvalue weighted by Gasteiger charge is -2.52. The highest BCUT2D eigenvalue weighted by Crippen LogP contribution is 2.41. The van der Waals surface area contributed by atoms with Gasteiger partial charge in [-0.25, -0.2) is 4.98 Å². The average molecular weight is 391 g/mol. The van der Waals surface area contributed by atoms with Crippen molar-refractivity contribution in [2.75, 3.05) is 19.7 Å². The second-order valence-electron chi connectivity index (χ2n) is 8.64. The standard InChI is InChI=1S/C20H29N3O5/c1-3-14-16(21-12-27-14)18(26)23-8-6-20(7-9-23)11-19(2,15(24)10-28-20)22-17(25)13-4-5-13/h12-13,15,24H,3-11H2,1-2H3,(H,22,25)/t15-,19-/m1/s1. The number of ether oxygens (including phenoxy) is 1. The van der Waals surface area contributed by atoms with Crippen LogP contribution in [-0.4, -0.2) is 63.7 Å². The minimum absolute atomic E-state index is 0.0318. The number of carbonyl (C=O) groups is 2. The van der Waals surface area contributed by atoms with E-state index in [-0.39, 0.29) is 24.3 Å². The molecule has 3 heterocycles. The molecule has 1 saturated carbocycles. The minimum atomic E-state index is -0.734. The predicted molar refractivity (Wildman–Crippen MR) is 99.6 cm³/mol. The first-order valence-corrected chi connectivity index (χ1v) is 10.2. The molecule has 1 aromatic heterocycles. The van der Waals surface area contributed by atoms with Crippen LogP contribution in [-0.2, 0) is 16.0 Å². The van der Waals surface area contributed by atoms with Crippen LogP contribution in [0.2, 0.25) is 0 Å². The molecule has 2 atom stereocenters. The number of aryl methyl sites for hydroxylation is 1. The first kappa shape index (κ1) is 19.4. The maximum Gasteiger partial charge on any atom is 0.276 e. The highest BCUT2D eigenvalue weighted by Gasteiger charge is 2.51. The van der Waals surface area contributed by atoms with Gasteiger partial charge in [0, 0.05) is 31.8 Å². The van der Waals surface area contributed by atoms with E-state index in [4.69, 9.17) is 9.15 Å². The molecule has 28 heavy (non-hydrogen) atoms. The third kappa shape index (κ3) is 3.55. The Bertz CT molecular complexity index is 751. The van der Waals surface area contributed by atoms with E-state index in [9.17, 15) is 14.7 Å². The number of carbonyl (C=O) groups excluding carboxylic acids is 2. The summed E-state index contributed by atoms with van der Waals surface area (Å²) in [5.74, 6) is 0.626. The van der Waals surface area contributed by atoms with Crippen LogP contribution in [0.3, 0.4) is 0 Å². The quantitative estimate of drug-likeness (QED) is 0.801. The molecule has 0 radical (unpaired) electrons. The molecule has 4 rings (SSSR count). The summed E-state index contributed by atoms with van der Waals surface area (Å²) in [6.07, 6.45) is 4.95. The Morgan fingerprint density at radius 2 is 2.07 bits per heavy atom. The maximum atomic E-state index is 12.8. The molecule has 8 heteroatoms. The van der Waals surface area contributed by atoms with E-state index in [2.05, 4.69) is 10.3 Å². The molecular weight excluding hydrogens is 362 g/mol. The Balaban J connectivity index is 1.41. The molecule has 8 nitrogen and oxygen atoms in total. The van der Waals surface area contributed by atoms with E-state index >= 15 is 0 Å². The van der Waals surface area contributed by atoms with E-state index < -0.39 is 17.2 Å². The fourth-order valence-electron chi connectivity index (χ4n) is 4.42. The molecule has 1 spiro atoms. The number of likely N-dealkylation sites (tertiary alicyclic amines) is 1. The first-order valence-electron chi connectivity index (χ1n) is 10.2. The molecule has 1 aromatic rings. The van der Waals surface area contributed by atoms with Gasteiger partial charge in [-0.15, -0.1) is 0 Å². The zero-order chi connectivity index (χ0) is 19.9. The number of nitrogens with one attached hydrogen (secondary N) is 1. The van der Waals surface area contributed by atoms with E-state index in [1.807, 2.05) is 13.8 Å². The van der Waals surface area contributed by atoms with Crippen LogP contribution in [0.1, 0.15) is 62.2 Å². The molecule has 0 bridgehead atoms. The Kier molecular flexibility index (Phi) is 4.95. The second-order valence-corrected chi connectivity index (χ2v) is 8.64. The molecule has 154 valence electrons. The van der Waals surface area contributed by atoms with Crippen molar-refractivity contribution in [1.29, 1.82) is 0 Å². The minimum Gasteiger partial charge on any atom is -0.448 e. The number of aliphatic hydroxyl groups excluding tert-OH is 1. The summed E-state index contributed by atoms with van der Waals surface area (Å²) in [5.41, 5.74) is -0.745. The van der Waals surface area contributed by atoms with E-state index in [0.29, 0.717) is 50.2 Å². The third-order valence-corrected chi connectivity index (χ3v) is 6.46. The average Bonchev–Trinajstić information content (AvgIpc) is 3.43. The number of oxazole rings is 1. The van der Waals surface area contributed by atoms with Crippen LogP contribution in [0, 0.1) is 5.92 Å². The van der Waals surface area contributed by atoms with Crippen molar-refractivity contribution in [1.82, 2.24) is 15.2 Å². The van der Waals surface area contributed by atoms with Crippen LogP contribution in [0.25, 0.3) is 0 Å². The lowest BCUT2D eigenvalue weighted by atomic mass is 9.74. The summed E-state index contributed by atoms with van der Waals surface area (Å²) >= 11 is 0. The van der Waals surface area contributed by atoms with Crippen LogP contribution >= 0.6 is 0 Å².